The molecule has 10 nitrogen and oxygen atoms in total. The molecule has 3 aromatic rings. The van der Waals surface area contributed by atoms with Crippen LogP contribution >= 0.6 is 0 Å². The summed E-state index contributed by atoms with van der Waals surface area (Å²) in [6.07, 6.45) is 1.75. The predicted octanol–water partition coefficient (Wildman–Crippen LogP) is 1.74. The second-order valence-corrected chi connectivity index (χ2v) is 9.66. The first-order valence-corrected chi connectivity index (χ1v) is 12.0. The van der Waals surface area contributed by atoms with E-state index in [9.17, 15) is 19.5 Å². The molecule has 2 atom stereocenters. The predicted molar refractivity (Wildman–Crippen MR) is 129 cm³/mol. The Kier molecular flexibility index (Phi) is 5.22. The molecule has 5 heterocycles. The molecular formula is C26H26N4O6. The second kappa shape index (κ2) is 8.34. The summed E-state index contributed by atoms with van der Waals surface area (Å²) >= 11 is 0. The summed E-state index contributed by atoms with van der Waals surface area (Å²) in [5.41, 5.74) is 1.04. The number of amides is 3. The van der Waals surface area contributed by atoms with Crippen LogP contribution in [0.1, 0.15) is 40.9 Å². The van der Waals surface area contributed by atoms with E-state index in [1.54, 1.807) is 29.2 Å². The van der Waals surface area contributed by atoms with Gasteiger partial charge in [-0.2, -0.15) is 0 Å². The Morgan fingerprint density at radius 1 is 1.22 bits per heavy atom. The van der Waals surface area contributed by atoms with E-state index in [4.69, 9.17) is 14.1 Å². The summed E-state index contributed by atoms with van der Waals surface area (Å²) in [5.74, 6) is 0.471. The fourth-order valence-electron chi connectivity index (χ4n) is 5.61. The van der Waals surface area contributed by atoms with Crippen molar-refractivity contribution in [3.8, 4) is 5.75 Å². The third kappa shape index (κ3) is 3.43. The third-order valence-electron chi connectivity index (χ3n) is 7.52. The minimum Gasteiger partial charge on any atom is -0.497 e. The van der Waals surface area contributed by atoms with Crippen molar-refractivity contribution in [1.82, 2.24) is 15.2 Å². The van der Waals surface area contributed by atoms with Gasteiger partial charge >= 0.3 is 0 Å². The van der Waals surface area contributed by atoms with Gasteiger partial charge in [-0.15, -0.1) is 0 Å². The molecule has 0 spiro atoms. The van der Waals surface area contributed by atoms with Crippen LogP contribution in [0.3, 0.4) is 0 Å². The first kappa shape index (κ1) is 22.5. The number of hydrogen-bond donors (Lipinski definition) is 2. The van der Waals surface area contributed by atoms with Crippen LogP contribution in [0.2, 0.25) is 0 Å². The quantitative estimate of drug-likeness (QED) is 0.501. The number of hydrogen-bond acceptors (Lipinski definition) is 8. The fraction of sp³-hybridized carbons (Fsp3) is 0.385. The lowest BCUT2D eigenvalue weighted by molar-refractivity contribution is -0.127. The van der Waals surface area contributed by atoms with Gasteiger partial charge in [0.25, 0.3) is 5.91 Å². The molecule has 0 aliphatic carbocycles. The van der Waals surface area contributed by atoms with Gasteiger partial charge in [0.2, 0.25) is 11.8 Å². The van der Waals surface area contributed by atoms with Gasteiger partial charge in [0, 0.05) is 31.3 Å². The molecule has 36 heavy (non-hydrogen) atoms. The van der Waals surface area contributed by atoms with Crippen molar-refractivity contribution in [2.75, 3.05) is 31.7 Å². The molecule has 3 aliphatic heterocycles. The highest BCUT2D eigenvalue weighted by atomic mass is 16.5. The molecule has 2 fully saturated rings. The maximum Gasteiger partial charge on any atom is 0.254 e. The van der Waals surface area contributed by atoms with Gasteiger partial charge in [-0.3, -0.25) is 19.7 Å². The Bertz CT molecular complexity index is 1400. The number of carbonyl (C=O) groups is 3. The van der Waals surface area contributed by atoms with Crippen molar-refractivity contribution in [1.29, 1.82) is 0 Å². The van der Waals surface area contributed by atoms with Crippen LogP contribution in [0.25, 0.3) is 11.1 Å². The molecule has 3 aliphatic rings. The molecule has 186 valence electrons. The first-order chi connectivity index (χ1) is 17.4. The number of aromatic nitrogens is 1. The van der Waals surface area contributed by atoms with E-state index >= 15 is 0 Å². The number of nitrogens with zero attached hydrogens (tertiary/aromatic N) is 3. The highest BCUT2D eigenvalue weighted by Gasteiger charge is 2.53. The van der Waals surface area contributed by atoms with Gasteiger partial charge in [0.1, 0.15) is 28.3 Å². The molecule has 6 rings (SSSR count). The number of anilines is 1. The summed E-state index contributed by atoms with van der Waals surface area (Å²) < 4.78 is 11.4. The number of benzene rings is 1. The molecule has 2 aromatic heterocycles. The number of ether oxygens (including phenoxy) is 1. The summed E-state index contributed by atoms with van der Waals surface area (Å²) in [4.78, 5) is 47.2. The SMILES string of the molecule is COc1ccc2c(c1)C(=O)N(C[C@@]1(c3cc4nc(N5CCC[C@H]5CO)ccc4o3)CC(=O)NC1=O)C2. The number of nitrogens with one attached hydrogen (secondary N) is 1. The van der Waals surface area contributed by atoms with Crippen LogP contribution in [-0.2, 0) is 21.5 Å². The normalized spacial score (nSPS) is 23.6. The van der Waals surface area contributed by atoms with Crippen LogP contribution in [0.15, 0.2) is 40.8 Å². The molecule has 10 heteroatoms. The van der Waals surface area contributed by atoms with E-state index in [-0.39, 0.29) is 31.5 Å². The van der Waals surface area contributed by atoms with Crippen LogP contribution in [-0.4, -0.2) is 65.6 Å². The molecule has 2 saturated heterocycles. The molecule has 0 unspecified atom stereocenters. The number of carbonyl (C=O) groups excluding carboxylic acids is 3. The van der Waals surface area contributed by atoms with Crippen molar-refractivity contribution in [2.45, 2.75) is 37.3 Å². The highest BCUT2D eigenvalue weighted by molar-refractivity contribution is 6.10. The number of aliphatic hydroxyl groups excluding tert-OH is 1. The molecule has 0 bridgehead atoms. The molecule has 0 saturated carbocycles. The number of rotatable bonds is 6. The van der Waals surface area contributed by atoms with E-state index in [0.29, 0.717) is 34.7 Å². The van der Waals surface area contributed by atoms with Crippen molar-refractivity contribution < 1.29 is 28.6 Å². The fourth-order valence-corrected chi connectivity index (χ4v) is 5.61. The Hall–Kier alpha value is -3.92. The van der Waals surface area contributed by atoms with Crippen LogP contribution in [0.4, 0.5) is 5.82 Å². The monoisotopic (exact) mass is 490 g/mol. The van der Waals surface area contributed by atoms with Crippen molar-refractivity contribution in [3.05, 3.63) is 53.3 Å². The average molecular weight is 491 g/mol. The molecule has 0 radical (unpaired) electrons. The summed E-state index contributed by atoms with van der Waals surface area (Å²) in [6.45, 7) is 1.17. The molecule has 3 amide bonds. The minimum atomic E-state index is -1.36. The number of pyridine rings is 1. The lowest BCUT2D eigenvalue weighted by Gasteiger charge is -2.28. The second-order valence-electron chi connectivity index (χ2n) is 9.66. The highest BCUT2D eigenvalue weighted by Crippen LogP contribution is 2.39. The number of methoxy groups -OCH3 is 1. The zero-order valence-corrected chi connectivity index (χ0v) is 19.8. The lowest BCUT2D eigenvalue weighted by Crippen LogP contribution is -2.46. The van der Waals surface area contributed by atoms with Gasteiger partial charge in [-0.05, 0) is 42.7 Å². The molecule has 1 aromatic carbocycles. The van der Waals surface area contributed by atoms with Crippen LogP contribution in [0.5, 0.6) is 5.75 Å². The summed E-state index contributed by atoms with van der Waals surface area (Å²) in [5, 5.41) is 12.1. The number of fused-ring (bicyclic) bond motifs is 2. The lowest BCUT2D eigenvalue weighted by atomic mass is 9.82. The van der Waals surface area contributed by atoms with E-state index in [1.165, 1.54) is 7.11 Å². The number of furan rings is 1. The van der Waals surface area contributed by atoms with Crippen LogP contribution < -0.4 is 15.0 Å². The standard InChI is InChI=1S/C26H26N4O6/c1-35-17-5-4-15-12-29(24(33)18(15)9-17)14-26(11-23(32)28-25(26)34)21-10-19-20(36-21)6-7-22(27-19)30-8-2-3-16(30)13-31/h4-7,9-10,16,31H,2-3,8,11-14H2,1H3,(H,28,32,34)/t16-,26+/m0/s1. The Morgan fingerprint density at radius 3 is 2.83 bits per heavy atom. The van der Waals surface area contributed by atoms with Crippen molar-refractivity contribution >= 4 is 34.6 Å². The molecular weight excluding hydrogens is 464 g/mol. The third-order valence-corrected chi connectivity index (χ3v) is 7.52. The van der Waals surface area contributed by atoms with E-state index in [2.05, 4.69) is 10.2 Å². The molecule has 2 N–H and O–H groups in total. The van der Waals surface area contributed by atoms with Gasteiger partial charge in [0.05, 0.1) is 26.2 Å². The maximum absolute atomic E-state index is 13.2. The van der Waals surface area contributed by atoms with Crippen LogP contribution in [0, 0.1) is 0 Å². The van der Waals surface area contributed by atoms with Gasteiger partial charge in [0.15, 0.2) is 5.58 Å². The van der Waals surface area contributed by atoms with E-state index < -0.39 is 17.2 Å². The summed E-state index contributed by atoms with van der Waals surface area (Å²) in [6, 6.07) is 10.7. The summed E-state index contributed by atoms with van der Waals surface area (Å²) in [7, 11) is 1.54. The van der Waals surface area contributed by atoms with Gasteiger partial charge in [-0.25, -0.2) is 4.98 Å². The topological polar surface area (TPSA) is 125 Å². The largest absolute Gasteiger partial charge is 0.497 e. The van der Waals surface area contributed by atoms with Gasteiger partial charge < -0.3 is 24.1 Å². The van der Waals surface area contributed by atoms with Gasteiger partial charge in [-0.1, -0.05) is 6.07 Å². The Labute approximate surface area is 206 Å². The average Bonchev–Trinajstić information content (AvgIpc) is 3.64. The van der Waals surface area contributed by atoms with Crippen molar-refractivity contribution in [3.63, 3.8) is 0 Å². The number of aliphatic hydroxyl groups is 1. The van der Waals surface area contributed by atoms with E-state index in [0.717, 1.165) is 30.8 Å². The Balaban J connectivity index is 1.35. The first-order valence-electron chi connectivity index (χ1n) is 12.0. The number of imide groups is 1. The Morgan fingerprint density at radius 2 is 2.08 bits per heavy atom. The minimum absolute atomic E-state index is 0.00814. The zero-order chi connectivity index (χ0) is 25.0. The smallest absolute Gasteiger partial charge is 0.254 e. The zero-order valence-electron chi connectivity index (χ0n) is 19.8. The maximum atomic E-state index is 13.2. The van der Waals surface area contributed by atoms with Crippen molar-refractivity contribution in [2.24, 2.45) is 0 Å². The van der Waals surface area contributed by atoms with E-state index in [1.807, 2.05) is 12.1 Å².